The van der Waals surface area contributed by atoms with Crippen LogP contribution >= 0.6 is 0 Å². The van der Waals surface area contributed by atoms with Gasteiger partial charge in [-0.2, -0.15) is 0 Å². The van der Waals surface area contributed by atoms with Gasteiger partial charge in [0.1, 0.15) is 10.6 Å². The van der Waals surface area contributed by atoms with Crippen LogP contribution in [0, 0.1) is 0 Å². The smallest absolute Gasteiger partial charge is 0.244 e. The van der Waals surface area contributed by atoms with Crippen molar-refractivity contribution in [2.24, 2.45) is 0 Å². The van der Waals surface area contributed by atoms with Crippen molar-refractivity contribution in [3.8, 4) is 5.75 Å². The van der Waals surface area contributed by atoms with Crippen LogP contribution in [0.2, 0.25) is 0 Å². The quantitative estimate of drug-likeness (QED) is 0.838. The van der Waals surface area contributed by atoms with E-state index in [4.69, 9.17) is 4.74 Å². The Kier molecular flexibility index (Phi) is 5.01. The summed E-state index contributed by atoms with van der Waals surface area (Å²) in [6.45, 7) is 0.673. The third-order valence-electron chi connectivity index (χ3n) is 3.58. The highest BCUT2D eigenvalue weighted by Gasteiger charge is 2.25. The molecule has 0 aliphatic heterocycles. The molecule has 0 saturated heterocycles. The van der Waals surface area contributed by atoms with Crippen LogP contribution in [0.15, 0.2) is 23.1 Å². The first-order valence-corrected chi connectivity index (χ1v) is 8.39. The summed E-state index contributed by atoms with van der Waals surface area (Å²) in [4.78, 5) is 0.215. The van der Waals surface area contributed by atoms with Crippen molar-refractivity contribution in [2.75, 3.05) is 14.2 Å². The van der Waals surface area contributed by atoms with Gasteiger partial charge in [-0.3, -0.25) is 0 Å². The molecule has 0 atom stereocenters. The molecule has 2 N–H and O–H groups in total. The van der Waals surface area contributed by atoms with E-state index in [-0.39, 0.29) is 10.9 Å². The van der Waals surface area contributed by atoms with Crippen LogP contribution in [0.1, 0.15) is 31.2 Å². The maximum atomic E-state index is 12.4. The fourth-order valence-corrected chi connectivity index (χ4v) is 4.03. The summed E-state index contributed by atoms with van der Waals surface area (Å²) in [6, 6.07) is 5.24. The topological polar surface area (TPSA) is 67.4 Å². The average Bonchev–Trinajstić information content (AvgIpc) is 2.91. The summed E-state index contributed by atoms with van der Waals surface area (Å²) >= 11 is 0. The van der Waals surface area contributed by atoms with Crippen LogP contribution < -0.4 is 14.8 Å². The van der Waals surface area contributed by atoms with Gasteiger partial charge in [0.2, 0.25) is 10.0 Å². The lowest BCUT2D eigenvalue weighted by Crippen LogP contribution is -2.32. The molecule has 0 spiro atoms. The number of ether oxygens (including phenoxy) is 1. The van der Waals surface area contributed by atoms with E-state index in [1.807, 2.05) is 13.1 Å². The van der Waals surface area contributed by atoms with Crippen LogP contribution in [0.3, 0.4) is 0 Å². The molecule has 0 heterocycles. The van der Waals surface area contributed by atoms with Crippen molar-refractivity contribution in [1.29, 1.82) is 0 Å². The van der Waals surface area contributed by atoms with Gasteiger partial charge in [0.15, 0.2) is 0 Å². The van der Waals surface area contributed by atoms with Gasteiger partial charge in [-0.15, -0.1) is 0 Å². The predicted molar refractivity (Wildman–Crippen MR) is 78.3 cm³/mol. The van der Waals surface area contributed by atoms with Gasteiger partial charge in [-0.25, -0.2) is 13.1 Å². The second-order valence-corrected chi connectivity index (χ2v) is 6.80. The molecule has 0 bridgehead atoms. The third-order valence-corrected chi connectivity index (χ3v) is 5.14. The molecular weight excluding hydrogens is 276 g/mol. The van der Waals surface area contributed by atoms with Gasteiger partial charge < -0.3 is 10.1 Å². The molecule has 0 amide bonds. The minimum absolute atomic E-state index is 0.0571. The largest absolute Gasteiger partial charge is 0.495 e. The molecule has 6 heteroatoms. The lowest BCUT2D eigenvalue weighted by Gasteiger charge is -2.15. The molecule has 2 rings (SSSR count). The zero-order valence-corrected chi connectivity index (χ0v) is 12.8. The minimum atomic E-state index is -3.51. The maximum Gasteiger partial charge on any atom is 0.244 e. The lowest BCUT2D eigenvalue weighted by molar-refractivity contribution is 0.401. The molecule has 1 fully saturated rings. The third kappa shape index (κ3) is 3.50. The number of rotatable bonds is 6. The number of methoxy groups -OCH3 is 1. The van der Waals surface area contributed by atoms with Crippen molar-refractivity contribution in [3.05, 3.63) is 23.8 Å². The van der Waals surface area contributed by atoms with Crippen molar-refractivity contribution in [2.45, 2.75) is 43.2 Å². The van der Waals surface area contributed by atoms with Crippen molar-refractivity contribution in [1.82, 2.24) is 10.0 Å². The second-order valence-electron chi connectivity index (χ2n) is 5.12. The van der Waals surface area contributed by atoms with E-state index in [0.29, 0.717) is 12.3 Å². The van der Waals surface area contributed by atoms with Gasteiger partial charge >= 0.3 is 0 Å². The summed E-state index contributed by atoms with van der Waals surface area (Å²) in [6.07, 6.45) is 4.01. The van der Waals surface area contributed by atoms with E-state index in [1.165, 1.54) is 7.11 Å². The van der Waals surface area contributed by atoms with Crippen LogP contribution in [0.5, 0.6) is 5.75 Å². The Hall–Kier alpha value is -1.11. The van der Waals surface area contributed by atoms with Crippen LogP contribution in [0.25, 0.3) is 0 Å². The number of sulfonamides is 1. The molecule has 1 aromatic carbocycles. The van der Waals surface area contributed by atoms with Crippen LogP contribution in [-0.2, 0) is 16.6 Å². The molecule has 20 heavy (non-hydrogen) atoms. The Morgan fingerprint density at radius 2 is 2.00 bits per heavy atom. The first-order valence-electron chi connectivity index (χ1n) is 6.90. The Morgan fingerprint density at radius 1 is 1.30 bits per heavy atom. The molecule has 1 aliphatic carbocycles. The van der Waals surface area contributed by atoms with Gasteiger partial charge in [0.05, 0.1) is 7.11 Å². The zero-order valence-electron chi connectivity index (χ0n) is 12.0. The first kappa shape index (κ1) is 15.3. The summed E-state index contributed by atoms with van der Waals surface area (Å²) in [5.74, 6) is 0.392. The standard InChI is InChI=1S/C14H22N2O3S/c1-15-10-11-7-8-14(13(9-11)19-2)20(17,18)16-12-5-3-4-6-12/h7-9,12,15-16H,3-6,10H2,1-2H3. The van der Waals surface area contributed by atoms with Crippen molar-refractivity contribution in [3.63, 3.8) is 0 Å². The van der Waals surface area contributed by atoms with Crippen LogP contribution in [-0.4, -0.2) is 28.6 Å². The number of benzene rings is 1. The fraction of sp³-hybridized carbons (Fsp3) is 0.571. The highest BCUT2D eigenvalue weighted by Crippen LogP contribution is 2.27. The number of hydrogen-bond acceptors (Lipinski definition) is 4. The molecule has 0 unspecified atom stereocenters. The summed E-state index contributed by atoms with van der Waals surface area (Å²) < 4.78 is 32.9. The number of hydrogen-bond donors (Lipinski definition) is 2. The minimum Gasteiger partial charge on any atom is -0.495 e. The van der Waals surface area contributed by atoms with E-state index < -0.39 is 10.0 Å². The number of nitrogens with one attached hydrogen (secondary N) is 2. The molecule has 1 aromatic rings. The molecule has 5 nitrogen and oxygen atoms in total. The molecule has 1 aliphatic rings. The SMILES string of the molecule is CNCc1ccc(S(=O)(=O)NC2CCCC2)c(OC)c1. The van der Waals surface area contributed by atoms with Crippen molar-refractivity contribution >= 4 is 10.0 Å². The zero-order chi connectivity index (χ0) is 14.6. The van der Waals surface area contributed by atoms with Gasteiger partial charge in [0, 0.05) is 12.6 Å². The fourth-order valence-electron chi connectivity index (χ4n) is 2.57. The normalized spacial score (nSPS) is 16.5. The maximum absolute atomic E-state index is 12.4. The Labute approximate surface area is 120 Å². The highest BCUT2D eigenvalue weighted by atomic mass is 32.2. The van der Waals surface area contributed by atoms with E-state index in [0.717, 1.165) is 31.2 Å². The predicted octanol–water partition coefficient (Wildman–Crippen LogP) is 1.64. The van der Waals surface area contributed by atoms with Crippen molar-refractivity contribution < 1.29 is 13.2 Å². The Bertz CT molecular complexity index is 552. The Balaban J connectivity index is 2.25. The summed E-state index contributed by atoms with van der Waals surface area (Å²) in [5, 5.41) is 3.03. The van der Waals surface area contributed by atoms with Gasteiger partial charge in [0.25, 0.3) is 0 Å². The summed E-state index contributed by atoms with van der Waals surface area (Å²) in [5.41, 5.74) is 0.990. The molecule has 1 saturated carbocycles. The van der Waals surface area contributed by atoms with E-state index >= 15 is 0 Å². The monoisotopic (exact) mass is 298 g/mol. The van der Waals surface area contributed by atoms with Crippen LogP contribution in [0.4, 0.5) is 0 Å². The second kappa shape index (κ2) is 6.56. The van der Waals surface area contributed by atoms with E-state index in [1.54, 1.807) is 12.1 Å². The Morgan fingerprint density at radius 3 is 2.60 bits per heavy atom. The molecule has 0 radical (unpaired) electrons. The van der Waals surface area contributed by atoms with Gasteiger partial charge in [-0.1, -0.05) is 18.9 Å². The lowest BCUT2D eigenvalue weighted by atomic mass is 10.2. The van der Waals surface area contributed by atoms with E-state index in [9.17, 15) is 8.42 Å². The average molecular weight is 298 g/mol. The highest BCUT2D eigenvalue weighted by molar-refractivity contribution is 7.89. The van der Waals surface area contributed by atoms with E-state index in [2.05, 4.69) is 10.0 Å². The molecular formula is C14H22N2O3S. The first-order chi connectivity index (χ1) is 9.56. The van der Waals surface area contributed by atoms with Gasteiger partial charge in [-0.05, 0) is 37.6 Å². The molecule has 0 aromatic heterocycles. The molecule has 112 valence electrons. The summed E-state index contributed by atoms with van der Waals surface area (Å²) in [7, 11) is -0.174.